The molecule has 16 heavy (non-hydrogen) atoms. The maximum absolute atomic E-state index is 10.7. The maximum atomic E-state index is 10.7. The zero-order valence-corrected chi connectivity index (χ0v) is 10.7. The number of carbonyl (C=O) groups is 1. The Kier molecular flexibility index (Phi) is 2.79. The number of benzene rings is 1. The minimum Gasteiger partial charge on any atom is -0.475 e. The minimum atomic E-state index is -1.07. The highest BCUT2D eigenvalue weighted by atomic mass is 127. The molecule has 0 saturated heterocycles. The monoisotopic (exact) mass is 331 g/mol. The quantitative estimate of drug-likeness (QED) is 0.495. The Hall–Kier alpha value is -1.24. The summed E-state index contributed by atoms with van der Waals surface area (Å²) in [7, 11) is 0. The standard InChI is InChI=1S/C11H10INO3/c1-7-2-4-8(5-3-7)11(12)13-6-9(16-11)10(14)15/h2-6,13H,1H3,(H,14,15). The molecule has 2 N–H and O–H groups in total. The molecule has 1 aromatic carbocycles. The predicted molar refractivity (Wildman–Crippen MR) is 66.8 cm³/mol. The molecular formula is C11H10INO3. The van der Waals surface area contributed by atoms with Gasteiger partial charge in [0.15, 0.2) is 0 Å². The Labute approximate surface area is 106 Å². The molecular weight excluding hydrogens is 321 g/mol. The lowest BCUT2D eigenvalue weighted by atomic mass is 10.1. The first-order chi connectivity index (χ1) is 7.51. The number of nitrogens with one attached hydrogen (secondary N) is 1. The van der Waals surface area contributed by atoms with E-state index < -0.39 is 9.70 Å². The molecule has 0 bridgehead atoms. The first kappa shape index (κ1) is 11.3. The summed E-state index contributed by atoms with van der Waals surface area (Å²) in [5.41, 5.74) is 2.03. The first-order valence-electron chi connectivity index (χ1n) is 4.67. The molecule has 1 aliphatic rings. The number of hydrogen-bond acceptors (Lipinski definition) is 3. The van der Waals surface area contributed by atoms with E-state index in [4.69, 9.17) is 9.84 Å². The fourth-order valence-corrected chi connectivity index (χ4v) is 2.14. The van der Waals surface area contributed by atoms with Crippen molar-refractivity contribution in [1.29, 1.82) is 0 Å². The van der Waals surface area contributed by atoms with Gasteiger partial charge in [-0.15, -0.1) is 0 Å². The summed E-state index contributed by atoms with van der Waals surface area (Å²) in [6, 6.07) is 7.74. The summed E-state index contributed by atoms with van der Waals surface area (Å²) in [4.78, 5) is 10.7. The number of ether oxygens (including phenoxy) is 1. The van der Waals surface area contributed by atoms with Gasteiger partial charge in [-0.2, -0.15) is 0 Å². The van der Waals surface area contributed by atoms with E-state index in [1.54, 1.807) is 0 Å². The molecule has 1 atom stereocenters. The lowest BCUT2D eigenvalue weighted by Gasteiger charge is -2.23. The lowest BCUT2D eigenvalue weighted by Crippen LogP contribution is -2.30. The van der Waals surface area contributed by atoms with Gasteiger partial charge < -0.3 is 15.2 Å². The molecule has 1 aliphatic heterocycles. The van der Waals surface area contributed by atoms with Crippen molar-refractivity contribution in [2.24, 2.45) is 0 Å². The highest BCUT2D eigenvalue weighted by molar-refractivity contribution is 14.1. The smallest absolute Gasteiger partial charge is 0.372 e. The van der Waals surface area contributed by atoms with Crippen LogP contribution in [0.2, 0.25) is 0 Å². The van der Waals surface area contributed by atoms with E-state index in [9.17, 15) is 4.79 Å². The summed E-state index contributed by atoms with van der Waals surface area (Å²) >= 11 is 2.04. The zero-order valence-electron chi connectivity index (χ0n) is 8.53. The first-order valence-corrected chi connectivity index (χ1v) is 5.75. The molecule has 4 nitrogen and oxygen atoms in total. The lowest BCUT2D eigenvalue weighted by molar-refractivity contribution is -0.137. The van der Waals surface area contributed by atoms with Crippen molar-refractivity contribution in [3.8, 4) is 0 Å². The second-order valence-electron chi connectivity index (χ2n) is 3.52. The highest BCUT2D eigenvalue weighted by Crippen LogP contribution is 2.36. The van der Waals surface area contributed by atoms with Gasteiger partial charge in [-0.05, 0) is 6.92 Å². The van der Waals surface area contributed by atoms with Crippen molar-refractivity contribution in [2.45, 2.75) is 10.7 Å². The van der Waals surface area contributed by atoms with E-state index in [2.05, 4.69) is 5.32 Å². The van der Waals surface area contributed by atoms with Crippen molar-refractivity contribution in [3.63, 3.8) is 0 Å². The molecule has 1 unspecified atom stereocenters. The number of carboxylic acids is 1. The van der Waals surface area contributed by atoms with Crippen LogP contribution in [0.15, 0.2) is 36.2 Å². The maximum Gasteiger partial charge on any atom is 0.372 e. The van der Waals surface area contributed by atoms with Crippen LogP contribution in [-0.2, 0) is 13.3 Å². The topological polar surface area (TPSA) is 58.6 Å². The van der Waals surface area contributed by atoms with Gasteiger partial charge in [0, 0.05) is 28.2 Å². The number of rotatable bonds is 2. The van der Waals surface area contributed by atoms with Crippen LogP contribution >= 0.6 is 22.6 Å². The average Bonchev–Trinajstić information content (AvgIpc) is 2.63. The third kappa shape index (κ3) is 1.99. The van der Waals surface area contributed by atoms with Crippen molar-refractivity contribution >= 4 is 28.6 Å². The minimum absolute atomic E-state index is 0.0741. The van der Waals surface area contributed by atoms with Gasteiger partial charge >= 0.3 is 5.97 Å². The van der Waals surface area contributed by atoms with Crippen LogP contribution in [0.4, 0.5) is 0 Å². The Morgan fingerprint density at radius 2 is 2.06 bits per heavy atom. The van der Waals surface area contributed by atoms with Crippen LogP contribution in [0.1, 0.15) is 11.1 Å². The Morgan fingerprint density at radius 1 is 1.44 bits per heavy atom. The van der Waals surface area contributed by atoms with E-state index in [0.29, 0.717) is 0 Å². The molecule has 0 radical (unpaired) electrons. The summed E-state index contributed by atoms with van der Waals surface area (Å²) in [5.74, 6) is -1.15. The van der Waals surface area contributed by atoms with E-state index >= 15 is 0 Å². The Balaban J connectivity index is 2.23. The summed E-state index contributed by atoms with van der Waals surface area (Å²) < 4.78 is 4.55. The summed E-state index contributed by atoms with van der Waals surface area (Å²) in [6.07, 6.45) is 1.37. The van der Waals surface area contributed by atoms with Crippen molar-refractivity contribution in [2.75, 3.05) is 0 Å². The van der Waals surface area contributed by atoms with Gasteiger partial charge in [0.1, 0.15) is 0 Å². The van der Waals surface area contributed by atoms with Gasteiger partial charge in [-0.25, -0.2) is 4.79 Å². The zero-order chi connectivity index (χ0) is 11.8. The Bertz CT molecular complexity index is 455. The van der Waals surface area contributed by atoms with Crippen molar-refractivity contribution < 1.29 is 14.6 Å². The second-order valence-corrected chi connectivity index (χ2v) is 5.04. The molecule has 0 amide bonds. The molecule has 0 saturated carbocycles. The van der Waals surface area contributed by atoms with Crippen molar-refractivity contribution in [1.82, 2.24) is 5.32 Å². The molecule has 1 heterocycles. The fraction of sp³-hybridized carbons (Fsp3) is 0.182. The largest absolute Gasteiger partial charge is 0.475 e. The highest BCUT2D eigenvalue weighted by Gasteiger charge is 2.37. The molecule has 0 aromatic heterocycles. The van der Waals surface area contributed by atoms with E-state index in [1.807, 2.05) is 53.8 Å². The molecule has 5 heteroatoms. The third-order valence-electron chi connectivity index (χ3n) is 2.27. The summed E-state index contributed by atoms with van der Waals surface area (Å²) in [6.45, 7) is 1.99. The van der Waals surface area contributed by atoms with E-state index in [-0.39, 0.29) is 5.76 Å². The average molecular weight is 331 g/mol. The van der Waals surface area contributed by atoms with Crippen LogP contribution < -0.4 is 5.32 Å². The van der Waals surface area contributed by atoms with Gasteiger partial charge in [-0.1, -0.05) is 29.8 Å². The van der Waals surface area contributed by atoms with Crippen LogP contribution in [0, 0.1) is 6.92 Å². The van der Waals surface area contributed by atoms with E-state index in [0.717, 1.165) is 11.1 Å². The van der Waals surface area contributed by atoms with Gasteiger partial charge in [0.25, 0.3) is 3.73 Å². The number of aliphatic carboxylic acids is 1. The second kappa shape index (κ2) is 3.97. The molecule has 1 aromatic rings. The molecule has 2 rings (SSSR count). The van der Waals surface area contributed by atoms with E-state index in [1.165, 1.54) is 6.20 Å². The normalized spacial score (nSPS) is 23.2. The van der Waals surface area contributed by atoms with Crippen LogP contribution in [0.3, 0.4) is 0 Å². The van der Waals surface area contributed by atoms with Gasteiger partial charge in [-0.3, -0.25) is 0 Å². The van der Waals surface area contributed by atoms with Crippen LogP contribution in [0.5, 0.6) is 0 Å². The number of alkyl halides is 1. The van der Waals surface area contributed by atoms with Gasteiger partial charge in [0.2, 0.25) is 5.76 Å². The van der Waals surface area contributed by atoms with Gasteiger partial charge in [0.05, 0.1) is 6.20 Å². The molecule has 84 valence electrons. The number of hydrogen-bond donors (Lipinski definition) is 2. The van der Waals surface area contributed by atoms with Crippen molar-refractivity contribution in [3.05, 3.63) is 47.4 Å². The van der Waals surface area contributed by atoms with Crippen LogP contribution in [-0.4, -0.2) is 11.1 Å². The number of carboxylic acid groups (broad SMARTS) is 1. The predicted octanol–water partition coefficient (Wildman–Crippen LogP) is 2.09. The molecule has 0 spiro atoms. The summed E-state index contributed by atoms with van der Waals surface area (Å²) in [5, 5.41) is 11.7. The number of aryl methyl sites for hydroxylation is 1. The molecule has 0 fully saturated rings. The Morgan fingerprint density at radius 3 is 2.56 bits per heavy atom. The van der Waals surface area contributed by atoms with Crippen LogP contribution in [0.25, 0.3) is 0 Å². The fourth-order valence-electron chi connectivity index (χ4n) is 1.38. The third-order valence-corrected chi connectivity index (χ3v) is 3.43. The number of halogens is 1. The SMILES string of the molecule is Cc1ccc(C2(I)NC=C(C(=O)O)O2)cc1. The molecule has 0 aliphatic carbocycles.